The number of hydrogen-bond donors (Lipinski definition) is 1. The lowest BCUT2D eigenvalue weighted by Crippen LogP contribution is -3.00. The van der Waals surface area contributed by atoms with Gasteiger partial charge >= 0.3 is 0 Å². The molecule has 0 fully saturated rings. The molecule has 0 saturated heterocycles. The molecule has 0 aliphatic carbocycles. The summed E-state index contributed by atoms with van der Waals surface area (Å²) in [4.78, 5) is 0. The molecule has 0 saturated carbocycles. The van der Waals surface area contributed by atoms with Gasteiger partial charge in [-0.25, -0.2) is 0 Å². The summed E-state index contributed by atoms with van der Waals surface area (Å²) >= 11 is 0. The third-order valence-electron chi connectivity index (χ3n) is 3.48. The highest BCUT2D eigenvalue weighted by Crippen LogP contribution is 2.19. The fraction of sp³-hybridized carbons (Fsp3) is 0.846. The molecule has 1 nitrogen and oxygen atoms in total. The molecule has 0 heterocycles. The van der Waals surface area contributed by atoms with Crippen molar-refractivity contribution in [3.63, 3.8) is 0 Å². The topological polar surface area (TPSA) is 16.6 Å². The van der Waals surface area contributed by atoms with Gasteiger partial charge in [0, 0.05) is 0 Å². The van der Waals surface area contributed by atoms with E-state index in [2.05, 4.69) is 47.0 Å². The quantitative estimate of drug-likeness (QED) is 0.487. The van der Waals surface area contributed by atoms with E-state index < -0.39 is 0 Å². The van der Waals surface area contributed by atoms with Gasteiger partial charge in [0.15, 0.2) is 0 Å². The zero-order chi connectivity index (χ0) is 11.2. The monoisotopic (exact) mass is 233 g/mol. The summed E-state index contributed by atoms with van der Waals surface area (Å²) in [6, 6.07) is 0. The molecule has 0 aromatic heterocycles. The van der Waals surface area contributed by atoms with E-state index in [1.807, 2.05) is 0 Å². The molecule has 0 spiro atoms. The molecule has 0 amide bonds. The molecule has 0 atom stereocenters. The number of unbranched alkanes of at least 4 members (excludes halogenated alkanes) is 2. The first-order valence-corrected chi connectivity index (χ1v) is 5.93. The van der Waals surface area contributed by atoms with Crippen molar-refractivity contribution in [3.05, 3.63) is 11.1 Å². The fourth-order valence-electron chi connectivity index (χ4n) is 1.59. The van der Waals surface area contributed by atoms with Gasteiger partial charge in [0.05, 0.1) is 7.05 Å². The second-order valence-corrected chi connectivity index (χ2v) is 4.87. The standard InChI is InChI=1S/C13H27N.ClH/c1-7-8-9-10-11(2)12(3)13(4,5)14-6;/h14H,7-10H2,1-6H3;1H. The van der Waals surface area contributed by atoms with Gasteiger partial charge in [-0.1, -0.05) is 25.3 Å². The van der Waals surface area contributed by atoms with Crippen LogP contribution in [0.4, 0.5) is 0 Å². The van der Waals surface area contributed by atoms with E-state index in [0.29, 0.717) is 0 Å². The number of allylic oxidation sites excluding steroid dienone is 1. The van der Waals surface area contributed by atoms with Crippen LogP contribution < -0.4 is 17.7 Å². The Morgan fingerprint density at radius 2 is 1.67 bits per heavy atom. The Kier molecular flexibility index (Phi) is 9.48. The van der Waals surface area contributed by atoms with E-state index in [9.17, 15) is 0 Å². The fourth-order valence-corrected chi connectivity index (χ4v) is 1.59. The smallest absolute Gasteiger partial charge is 0.112 e. The Balaban J connectivity index is 0. The zero-order valence-corrected chi connectivity index (χ0v) is 12.0. The van der Waals surface area contributed by atoms with Gasteiger partial charge in [0.2, 0.25) is 0 Å². The Bertz CT molecular complexity index is 195. The first-order valence-electron chi connectivity index (χ1n) is 5.93. The van der Waals surface area contributed by atoms with E-state index >= 15 is 0 Å². The molecule has 0 rings (SSSR count). The van der Waals surface area contributed by atoms with Crippen LogP contribution in [0.25, 0.3) is 0 Å². The lowest BCUT2D eigenvalue weighted by Gasteiger charge is -2.24. The maximum absolute atomic E-state index is 2.30. The van der Waals surface area contributed by atoms with Gasteiger partial charge in [-0.2, -0.15) is 0 Å². The van der Waals surface area contributed by atoms with Gasteiger partial charge in [0.1, 0.15) is 5.54 Å². The van der Waals surface area contributed by atoms with Gasteiger partial charge in [-0.15, -0.1) is 0 Å². The predicted octanol–water partition coefficient (Wildman–Crippen LogP) is -0.121. The average Bonchev–Trinajstić information content (AvgIpc) is 2.17. The third-order valence-corrected chi connectivity index (χ3v) is 3.48. The van der Waals surface area contributed by atoms with Crippen LogP contribution in [0.15, 0.2) is 11.1 Å². The maximum Gasteiger partial charge on any atom is 0.112 e. The molecule has 0 bridgehead atoms. The van der Waals surface area contributed by atoms with E-state index in [1.54, 1.807) is 11.1 Å². The van der Waals surface area contributed by atoms with Crippen LogP contribution in [0.1, 0.15) is 60.3 Å². The zero-order valence-electron chi connectivity index (χ0n) is 11.3. The number of quaternary nitrogens is 1. The highest BCUT2D eigenvalue weighted by Gasteiger charge is 2.22. The number of halogens is 1. The van der Waals surface area contributed by atoms with Crippen molar-refractivity contribution in [1.82, 2.24) is 0 Å². The van der Waals surface area contributed by atoms with Gasteiger partial charge < -0.3 is 17.7 Å². The molecule has 0 aromatic rings. The Labute approximate surface area is 102 Å². The van der Waals surface area contributed by atoms with Crippen molar-refractivity contribution in [3.8, 4) is 0 Å². The maximum atomic E-state index is 2.30. The second kappa shape index (κ2) is 8.18. The lowest BCUT2D eigenvalue weighted by atomic mass is 9.90. The van der Waals surface area contributed by atoms with E-state index in [4.69, 9.17) is 0 Å². The number of nitrogens with two attached hydrogens (primary N) is 1. The molecule has 2 heteroatoms. The largest absolute Gasteiger partial charge is 1.00 e. The summed E-state index contributed by atoms with van der Waals surface area (Å²) < 4.78 is 0. The number of likely N-dealkylation sites (N-methyl/N-ethyl adjacent to an activating group) is 1. The van der Waals surface area contributed by atoms with Crippen LogP contribution in [0.5, 0.6) is 0 Å². The minimum Gasteiger partial charge on any atom is -1.00 e. The van der Waals surface area contributed by atoms with Crippen LogP contribution in [0.3, 0.4) is 0 Å². The molecule has 0 radical (unpaired) electrons. The van der Waals surface area contributed by atoms with Crippen molar-refractivity contribution in [1.29, 1.82) is 0 Å². The number of rotatable bonds is 6. The van der Waals surface area contributed by atoms with Crippen LogP contribution in [0.2, 0.25) is 0 Å². The minimum absolute atomic E-state index is 0. The Morgan fingerprint density at radius 3 is 2.07 bits per heavy atom. The van der Waals surface area contributed by atoms with Crippen molar-refractivity contribution in [2.75, 3.05) is 7.05 Å². The van der Waals surface area contributed by atoms with Crippen LogP contribution in [-0.2, 0) is 0 Å². The average molecular weight is 234 g/mol. The Morgan fingerprint density at radius 1 is 1.13 bits per heavy atom. The Hall–Kier alpha value is -0.0100. The first-order chi connectivity index (χ1) is 6.45. The summed E-state index contributed by atoms with van der Waals surface area (Å²) in [6.45, 7) is 11.4. The van der Waals surface area contributed by atoms with Gasteiger partial charge in [-0.05, 0) is 46.1 Å². The van der Waals surface area contributed by atoms with Gasteiger partial charge in [-0.3, -0.25) is 0 Å². The third kappa shape index (κ3) is 6.21. The van der Waals surface area contributed by atoms with Crippen LogP contribution in [0, 0.1) is 0 Å². The molecule has 0 unspecified atom stereocenters. The molecule has 2 N–H and O–H groups in total. The van der Waals surface area contributed by atoms with Crippen LogP contribution in [-0.4, -0.2) is 12.6 Å². The number of hydrogen-bond acceptors (Lipinski definition) is 0. The molecular formula is C13H28ClN. The molecule has 92 valence electrons. The van der Waals surface area contributed by atoms with E-state index in [0.717, 1.165) is 0 Å². The highest BCUT2D eigenvalue weighted by molar-refractivity contribution is 5.17. The predicted molar refractivity (Wildman–Crippen MR) is 64.4 cm³/mol. The minimum atomic E-state index is 0. The summed E-state index contributed by atoms with van der Waals surface area (Å²) in [5.41, 5.74) is 3.41. The molecule has 0 aliphatic rings. The molecule has 0 aromatic carbocycles. The first kappa shape index (κ1) is 17.4. The van der Waals surface area contributed by atoms with E-state index in [-0.39, 0.29) is 17.9 Å². The van der Waals surface area contributed by atoms with Crippen molar-refractivity contribution < 1.29 is 17.7 Å². The SMILES string of the molecule is CCCCCC(C)=C(C)C(C)(C)[NH2+]C.[Cl-]. The van der Waals surface area contributed by atoms with Crippen LogP contribution >= 0.6 is 0 Å². The molecule has 15 heavy (non-hydrogen) atoms. The van der Waals surface area contributed by atoms with Crippen molar-refractivity contribution >= 4 is 0 Å². The van der Waals surface area contributed by atoms with E-state index in [1.165, 1.54) is 25.7 Å². The summed E-state index contributed by atoms with van der Waals surface area (Å²) in [5.74, 6) is 0. The molecule has 0 aliphatic heterocycles. The van der Waals surface area contributed by atoms with Gasteiger partial charge in [0.25, 0.3) is 0 Å². The normalized spacial score (nSPS) is 13.2. The second-order valence-electron chi connectivity index (χ2n) is 4.87. The van der Waals surface area contributed by atoms with Crippen molar-refractivity contribution in [2.24, 2.45) is 0 Å². The summed E-state index contributed by atoms with van der Waals surface area (Å²) in [5, 5.41) is 2.30. The highest BCUT2D eigenvalue weighted by atomic mass is 35.5. The summed E-state index contributed by atoms with van der Waals surface area (Å²) in [6.07, 6.45) is 5.30. The van der Waals surface area contributed by atoms with Crippen molar-refractivity contribution in [2.45, 2.75) is 65.8 Å². The lowest BCUT2D eigenvalue weighted by molar-refractivity contribution is -0.686. The molecular weight excluding hydrogens is 206 g/mol. The summed E-state index contributed by atoms with van der Waals surface area (Å²) in [7, 11) is 2.16.